The summed E-state index contributed by atoms with van der Waals surface area (Å²) in [6.07, 6.45) is 3.17. The summed E-state index contributed by atoms with van der Waals surface area (Å²) in [5.41, 5.74) is 3.16. The molecule has 0 amide bonds. The van der Waals surface area contributed by atoms with Crippen molar-refractivity contribution in [3.63, 3.8) is 0 Å². The van der Waals surface area contributed by atoms with Gasteiger partial charge in [0.05, 0.1) is 0 Å². The number of nitrogens with one attached hydrogen (secondary N) is 1. The summed E-state index contributed by atoms with van der Waals surface area (Å²) in [6.45, 7) is 1.33. The molecule has 0 aromatic rings. The van der Waals surface area contributed by atoms with Crippen molar-refractivity contribution in [2.75, 3.05) is 27.2 Å². The highest BCUT2D eigenvalue weighted by molar-refractivity contribution is 4.42. The Bertz CT molecular complexity index is 66.6. The van der Waals surface area contributed by atoms with Crippen LogP contribution in [-0.4, -0.2) is 37.4 Å². The van der Waals surface area contributed by atoms with Gasteiger partial charge in [0.15, 0.2) is 0 Å². The Kier molecular flexibility index (Phi) is 6.91. The first-order valence-corrected chi connectivity index (χ1v) is 3.79. The Morgan fingerprint density at radius 1 is 1.20 bits per heavy atom. The maximum Gasteiger partial charge on any atom is 0.0431 e. The lowest BCUT2D eigenvalue weighted by molar-refractivity contribution is 0.268. The van der Waals surface area contributed by atoms with Gasteiger partial charge in [0, 0.05) is 27.2 Å². The first-order valence-electron chi connectivity index (χ1n) is 3.79. The van der Waals surface area contributed by atoms with E-state index in [1.54, 1.807) is 0 Å². The van der Waals surface area contributed by atoms with Gasteiger partial charge >= 0.3 is 0 Å². The molecular weight excluding hydrogens is 128 g/mol. The van der Waals surface area contributed by atoms with E-state index in [1.165, 1.54) is 0 Å². The maximum atomic E-state index is 8.44. The fraction of sp³-hybridized carbons (Fsp3) is 1.00. The number of aliphatic hydroxyl groups is 1. The molecule has 0 saturated heterocycles. The highest BCUT2D eigenvalue weighted by Gasteiger charge is 1.88. The SMILES string of the molecule is CN(C)NCCCCCO. The van der Waals surface area contributed by atoms with E-state index in [4.69, 9.17) is 5.11 Å². The van der Waals surface area contributed by atoms with Crippen molar-refractivity contribution in [1.29, 1.82) is 0 Å². The fourth-order valence-corrected chi connectivity index (χ4v) is 0.716. The van der Waals surface area contributed by atoms with Crippen LogP contribution in [0.15, 0.2) is 0 Å². The van der Waals surface area contributed by atoms with Crippen LogP contribution < -0.4 is 5.43 Å². The minimum atomic E-state index is 0.321. The summed E-state index contributed by atoms with van der Waals surface area (Å²) >= 11 is 0. The molecule has 0 atom stereocenters. The normalized spacial score (nSPS) is 10.8. The van der Waals surface area contributed by atoms with E-state index in [2.05, 4.69) is 5.43 Å². The maximum absolute atomic E-state index is 8.44. The molecule has 0 aromatic heterocycles. The van der Waals surface area contributed by atoms with Gasteiger partial charge in [0.1, 0.15) is 0 Å². The number of rotatable bonds is 6. The zero-order valence-electron chi connectivity index (χ0n) is 6.93. The standard InChI is InChI=1S/C7H18N2O/c1-9(2)8-6-4-3-5-7-10/h8,10H,3-7H2,1-2H3. The number of aliphatic hydroxyl groups excluding tert-OH is 1. The number of hydrogen-bond acceptors (Lipinski definition) is 3. The van der Waals surface area contributed by atoms with E-state index in [9.17, 15) is 0 Å². The van der Waals surface area contributed by atoms with Crippen LogP contribution in [0, 0.1) is 0 Å². The second-order valence-corrected chi connectivity index (χ2v) is 2.59. The van der Waals surface area contributed by atoms with E-state index in [0.29, 0.717) is 6.61 Å². The van der Waals surface area contributed by atoms with E-state index >= 15 is 0 Å². The van der Waals surface area contributed by atoms with Crippen molar-refractivity contribution in [3.05, 3.63) is 0 Å². The van der Waals surface area contributed by atoms with Crippen molar-refractivity contribution < 1.29 is 5.11 Å². The van der Waals surface area contributed by atoms with Crippen molar-refractivity contribution in [2.45, 2.75) is 19.3 Å². The third-order valence-corrected chi connectivity index (χ3v) is 1.26. The predicted octanol–water partition coefficient (Wildman–Crippen LogP) is 0.215. The minimum Gasteiger partial charge on any atom is -0.396 e. The largest absolute Gasteiger partial charge is 0.396 e. The lowest BCUT2D eigenvalue weighted by atomic mass is 10.2. The summed E-state index contributed by atoms with van der Waals surface area (Å²) in [4.78, 5) is 0. The second kappa shape index (κ2) is 6.99. The van der Waals surface area contributed by atoms with Crippen molar-refractivity contribution in [2.24, 2.45) is 0 Å². The highest BCUT2D eigenvalue weighted by atomic mass is 16.2. The monoisotopic (exact) mass is 146 g/mol. The fourth-order valence-electron chi connectivity index (χ4n) is 0.716. The van der Waals surface area contributed by atoms with Crippen LogP contribution in [0.1, 0.15) is 19.3 Å². The molecule has 10 heavy (non-hydrogen) atoms. The summed E-state index contributed by atoms with van der Waals surface area (Å²) in [5, 5.41) is 10.4. The number of hydrazine groups is 1. The Hall–Kier alpha value is -0.120. The minimum absolute atomic E-state index is 0.321. The van der Waals surface area contributed by atoms with Crippen molar-refractivity contribution >= 4 is 0 Å². The molecule has 0 spiro atoms. The zero-order chi connectivity index (χ0) is 7.82. The molecule has 0 aliphatic carbocycles. The Labute approximate surface area is 63.0 Å². The molecule has 0 fully saturated rings. The molecule has 3 nitrogen and oxygen atoms in total. The molecule has 2 N–H and O–H groups in total. The zero-order valence-corrected chi connectivity index (χ0v) is 6.93. The summed E-state index contributed by atoms with van der Waals surface area (Å²) in [5.74, 6) is 0. The lowest BCUT2D eigenvalue weighted by Crippen LogP contribution is -2.31. The Morgan fingerprint density at radius 3 is 2.40 bits per heavy atom. The van der Waals surface area contributed by atoms with Gasteiger partial charge in [0.25, 0.3) is 0 Å². The molecular formula is C7H18N2O. The summed E-state index contributed by atoms with van der Waals surface area (Å²) in [6, 6.07) is 0. The molecule has 0 unspecified atom stereocenters. The molecule has 0 bridgehead atoms. The van der Waals surface area contributed by atoms with Crippen molar-refractivity contribution in [3.8, 4) is 0 Å². The van der Waals surface area contributed by atoms with Gasteiger partial charge in [-0.3, -0.25) is 10.4 Å². The summed E-state index contributed by atoms with van der Waals surface area (Å²) in [7, 11) is 3.96. The van der Waals surface area contributed by atoms with Gasteiger partial charge in [-0.2, -0.15) is 0 Å². The molecule has 3 heteroatoms. The smallest absolute Gasteiger partial charge is 0.0431 e. The molecule has 0 rings (SSSR count). The van der Waals surface area contributed by atoms with Crippen LogP contribution >= 0.6 is 0 Å². The molecule has 0 aromatic carbocycles. The highest BCUT2D eigenvalue weighted by Crippen LogP contribution is 1.91. The van der Waals surface area contributed by atoms with Gasteiger partial charge in [-0.25, -0.2) is 0 Å². The van der Waals surface area contributed by atoms with Gasteiger partial charge in [0.2, 0.25) is 0 Å². The van der Waals surface area contributed by atoms with Crippen LogP contribution in [0.2, 0.25) is 0 Å². The van der Waals surface area contributed by atoms with Gasteiger partial charge in [-0.1, -0.05) is 0 Å². The van der Waals surface area contributed by atoms with Gasteiger partial charge < -0.3 is 5.11 Å². The van der Waals surface area contributed by atoms with Crippen LogP contribution in [-0.2, 0) is 0 Å². The van der Waals surface area contributed by atoms with Crippen molar-refractivity contribution in [1.82, 2.24) is 10.4 Å². The van der Waals surface area contributed by atoms with Crippen LogP contribution in [0.4, 0.5) is 0 Å². The number of nitrogens with zero attached hydrogens (tertiary/aromatic N) is 1. The molecule has 0 aliphatic rings. The van der Waals surface area contributed by atoms with E-state index in [0.717, 1.165) is 25.8 Å². The Balaban J connectivity index is 2.77. The lowest BCUT2D eigenvalue weighted by Gasteiger charge is -2.10. The van der Waals surface area contributed by atoms with E-state index < -0.39 is 0 Å². The number of hydrogen-bond donors (Lipinski definition) is 2. The topological polar surface area (TPSA) is 35.5 Å². The predicted molar refractivity (Wildman–Crippen MR) is 42.6 cm³/mol. The average molecular weight is 146 g/mol. The van der Waals surface area contributed by atoms with Gasteiger partial charge in [-0.05, 0) is 19.3 Å². The first kappa shape index (κ1) is 9.88. The van der Waals surface area contributed by atoms with Crippen LogP contribution in [0.25, 0.3) is 0 Å². The van der Waals surface area contributed by atoms with E-state index in [1.807, 2.05) is 19.1 Å². The van der Waals surface area contributed by atoms with Crippen LogP contribution in [0.3, 0.4) is 0 Å². The first-order chi connectivity index (χ1) is 4.77. The third-order valence-electron chi connectivity index (χ3n) is 1.26. The molecule has 0 saturated carbocycles. The third kappa shape index (κ3) is 7.88. The Morgan fingerprint density at radius 2 is 1.90 bits per heavy atom. The molecule has 62 valence electrons. The quantitative estimate of drug-likeness (QED) is 0.415. The number of unbranched alkanes of at least 4 members (excludes halogenated alkanes) is 2. The average Bonchev–Trinajstić information content (AvgIpc) is 1.87. The summed E-state index contributed by atoms with van der Waals surface area (Å²) < 4.78 is 0. The van der Waals surface area contributed by atoms with Gasteiger partial charge in [-0.15, -0.1) is 0 Å². The molecule has 0 heterocycles. The molecule has 0 radical (unpaired) electrons. The second-order valence-electron chi connectivity index (χ2n) is 2.59. The van der Waals surface area contributed by atoms with Crippen LogP contribution in [0.5, 0.6) is 0 Å². The molecule has 0 aliphatic heterocycles. The van der Waals surface area contributed by atoms with E-state index in [-0.39, 0.29) is 0 Å².